The third kappa shape index (κ3) is 37.1. The number of allylic oxidation sites excluding steroid dienone is 8. The Labute approximate surface area is 328 Å². The van der Waals surface area contributed by atoms with E-state index in [0.29, 0.717) is 25.7 Å². The Morgan fingerprint density at radius 1 is 0.673 bits per heavy atom. The van der Waals surface area contributed by atoms with Crippen LogP contribution in [0, 0.1) is 5.92 Å². The second-order valence-corrected chi connectivity index (χ2v) is 16.0. The molecule has 16 heteroatoms. The highest BCUT2D eigenvalue weighted by molar-refractivity contribution is 7.47. The van der Waals surface area contributed by atoms with Gasteiger partial charge in [0.05, 0.1) is 25.9 Å². The fourth-order valence-corrected chi connectivity index (χ4v) is 5.83. The molecule has 0 amide bonds. The van der Waals surface area contributed by atoms with Crippen LogP contribution in [-0.2, 0) is 41.8 Å². The van der Waals surface area contributed by atoms with Crippen molar-refractivity contribution in [2.24, 2.45) is 5.92 Å². The molecule has 0 aliphatic rings. The van der Waals surface area contributed by atoms with Gasteiger partial charge in [-0.05, 0) is 50.9 Å². The third-order valence-electron chi connectivity index (χ3n) is 8.03. The number of rotatable bonds is 35. The molecular weight excluding hydrogens is 754 g/mol. The third-order valence-corrected chi connectivity index (χ3v) is 9.46. The van der Waals surface area contributed by atoms with Crippen LogP contribution in [0.1, 0.15) is 124 Å². The Bertz CT molecular complexity index is 1240. The second-order valence-electron chi connectivity index (χ2n) is 13.3. The van der Waals surface area contributed by atoms with E-state index >= 15 is 0 Å². The Balaban J connectivity index is 4.73. The largest absolute Gasteiger partial charge is 0.472 e. The van der Waals surface area contributed by atoms with Crippen molar-refractivity contribution in [1.82, 2.24) is 0 Å². The van der Waals surface area contributed by atoms with E-state index in [1.165, 1.54) is 19.3 Å². The van der Waals surface area contributed by atoms with Crippen molar-refractivity contribution in [1.29, 1.82) is 0 Å². The van der Waals surface area contributed by atoms with Crippen molar-refractivity contribution in [2.75, 3.05) is 26.4 Å². The van der Waals surface area contributed by atoms with Crippen LogP contribution in [0.2, 0.25) is 0 Å². The second kappa shape index (κ2) is 33.9. The number of hydrogen-bond donors (Lipinski definition) is 5. The molecule has 0 saturated heterocycles. The predicted molar refractivity (Wildman–Crippen MR) is 213 cm³/mol. The molecule has 0 bridgehead atoms. The van der Waals surface area contributed by atoms with Crippen LogP contribution >= 0.6 is 15.6 Å². The highest BCUT2D eigenvalue weighted by atomic mass is 31.2. The van der Waals surface area contributed by atoms with E-state index in [1.54, 1.807) is 6.08 Å². The van der Waals surface area contributed by atoms with Gasteiger partial charge in [-0.25, -0.2) is 9.13 Å². The molecule has 0 radical (unpaired) electrons. The van der Waals surface area contributed by atoms with Gasteiger partial charge in [0.25, 0.3) is 0 Å². The van der Waals surface area contributed by atoms with Crippen LogP contribution in [0.15, 0.2) is 60.8 Å². The topological polar surface area (TPSA) is 216 Å². The molecule has 14 nitrogen and oxygen atoms in total. The SMILES string of the molecule is CC/C=C\C(O)C/C=C/C=C\C/C=C\C/C=C\CCCC(=O)O[C@H](COC(=O)CCCCCCCCC(C)CC)COP(=O)(O)OC[C@@H](O)COP(=O)(O)O. The molecule has 0 heterocycles. The van der Waals surface area contributed by atoms with E-state index in [0.717, 1.165) is 50.9 Å². The molecule has 5 N–H and O–H groups in total. The maximum atomic E-state index is 12.6. The van der Waals surface area contributed by atoms with Gasteiger partial charge in [0.15, 0.2) is 6.10 Å². The minimum atomic E-state index is -4.87. The van der Waals surface area contributed by atoms with Crippen molar-refractivity contribution in [2.45, 2.75) is 142 Å². The maximum Gasteiger partial charge on any atom is 0.472 e. The standard InChI is InChI=1S/C39H68O14P2/c1-4-6-26-35(40)27-22-18-13-11-9-7-8-10-12-14-20-24-29-39(43)53-37(33-52-55(47,48)51-31-36(41)30-50-54(44,45)46)32-49-38(42)28-23-19-16-15-17-21-25-34(3)5-2/h6-8,11-14,18,22,26,34-37,40-41H,4-5,9-10,15-17,19-21,23-25,27-33H2,1-3H3,(H,47,48)(H2,44,45,46)/b8-7-,13-11-,14-12-,22-18+,26-6-/t34?,35?,36-,37+/m0/s1. The van der Waals surface area contributed by atoms with E-state index in [9.17, 15) is 33.8 Å². The highest BCUT2D eigenvalue weighted by Gasteiger charge is 2.28. The summed E-state index contributed by atoms with van der Waals surface area (Å²) in [5, 5.41) is 19.5. The fraction of sp³-hybridized carbons (Fsp3) is 0.692. The van der Waals surface area contributed by atoms with Crippen molar-refractivity contribution in [3.63, 3.8) is 0 Å². The first-order chi connectivity index (χ1) is 26.2. The summed E-state index contributed by atoms with van der Waals surface area (Å²) in [6.45, 7) is 3.66. The minimum absolute atomic E-state index is 0.0330. The lowest BCUT2D eigenvalue weighted by molar-refractivity contribution is -0.161. The van der Waals surface area contributed by atoms with E-state index < -0.39 is 72.3 Å². The number of unbranched alkanes of at least 4 members (excludes halogenated alkanes) is 6. The number of ether oxygens (including phenoxy) is 2. The summed E-state index contributed by atoms with van der Waals surface area (Å²) in [5.41, 5.74) is 0. The van der Waals surface area contributed by atoms with Crippen LogP contribution in [0.5, 0.6) is 0 Å². The molecule has 0 aromatic heterocycles. The first-order valence-electron chi connectivity index (χ1n) is 19.5. The van der Waals surface area contributed by atoms with Gasteiger partial charge in [0.1, 0.15) is 12.7 Å². The molecule has 5 atom stereocenters. The zero-order chi connectivity index (χ0) is 41.2. The molecule has 0 saturated carbocycles. The zero-order valence-corrected chi connectivity index (χ0v) is 34.8. The number of aliphatic hydroxyl groups is 2. The number of aliphatic hydroxyl groups excluding tert-OH is 2. The van der Waals surface area contributed by atoms with Crippen molar-refractivity contribution in [3.05, 3.63) is 60.8 Å². The van der Waals surface area contributed by atoms with Crippen LogP contribution in [-0.4, -0.2) is 81.6 Å². The van der Waals surface area contributed by atoms with Gasteiger partial charge in [0, 0.05) is 12.8 Å². The lowest BCUT2D eigenvalue weighted by Crippen LogP contribution is -2.29. The molecule has 0 fully saturated rings. The molecule has 0 aliphatic heterocycles. The van der Waals surface area contributed by atoms with Crippen molar-refractivity contribution >= 4 is 27.6 Å². The quantitative estimate of drug-likeness (QED) is 0.0134. The Kier molecular flexibility index (Phi) is 32.5. The number of phosphoric ester groups is 2. The lowest BCUT2D eigenvalue weighted by Gasteiger charge is -2.20. The maximum absolute atomic E-state index is 12.6. The monoisotopic (exact) mass is 822 g/mol. The van der Waals surface area contributed by atoms with Crippen molar-refractivity contribution < 1.29 is 66.7 Å². The zero-order valence-electron chi connectivity index (χ0n) is 33.0. The smallest absolute Gasteiger partial charge is 0.462 e. The van der Waals surface area contributed by atoms with Gasteiger partial charge in [0.2, 0.25) is 0 Å². The molecule has 0 aromatic rings. The summed E-state index contributed by atoms with van der Waals surface area (Å²) in [5.74, 6) is -0.392. The Hall–Kier alpha value is -2.22. The molecule has 0 aliphatic carbocycles. The number of phosphoric acid groups is 2. The molecule has 318 valence electrons. The predicted octanol–water partition coefficient (Wildman–Crippen LogP) is 8.10. The van der Waals surface area contributed by atoms with Gasteiger partial charge in [-0.15, -0.1) is 0 Å². The summed E-state index contributed by atoms with van der Waals surface area (Å²) in [6.07, 6.45) is 28.8. The summed E-state index contributed by atoms with van der Waals surface area (Å²) in [6, 6.07) is 0. The van der Waals surface area contributed by atoms with E-state index in [2.05, 4.69) is 22.9 Å². The first kappa shape index (κ1) is 52.8. The average molecular weight is 823 g/mol. The normalized spacial score (nSPS) is 16.0. The Morgan fingerprint density at radius 2 is 1.27 bits per heavy atom. The van der Waals surface area contributed by atoms with Crippen molar-refractivity contribution in [3.8, 4) is 0 Å². The van der Waals surface area contributed by atoms with Crippen LogP contribution in [0.3, 0.4) is 0 Å². The van der Waals surface area contributed by atoms with E-state index in [1.807, 2.05) is 61.6 Å². The fourth-order valence-electron chi connectivity index (χ4n) is 4.67. The van der Waals surface area contributed by atoms with Crippen LogP contribution in [0.25, 0.3) is 0 Å². The summed E-state index contributed by atoms with van der Waals surface area (Å²) in [7, 11) is -9.70. The summed E-state index contributed by atoms with van der Waals surface area (Å²) >= 11 is 0. The first-order valence-corrected chi connectivity index (χ1v) is 22.5. The van der Waals surface area contributed by atoms with Gasteiger partial charge >= 0.3 is 27.6 Å². The lowest BCUT2D eigenvalue weighted by atomic mass is 10.00. The van der Waals surface area contributed by atoms with Gasteiger partial charge < -0.3 is 34.4 Å². The molecule has 0 rings (SSSR count). The number of hydrogen-bond acceptors (Lipinski definition) is 11. The summed E-state index contributed by atoms with van der Waals surface area (Å²) in [4.78, 5) is 52.4. The van der Waals surface area contributed by atoms with E-state index in [4.69, 9.17) is 23.8 Å². The highest BCUT2D eigenvalue weighted by Crippen LogP contribution is 2.43. The molecule has 0 aromatic carbocycles. The van der Waals surface area contributed by atoms with Gasteiger partial charge in [-0.3, -0.25) is 23.2 Å². The molecule has 3 unspecified atom stereocenters. The van der Waals surface area contributed by atoms with Crippen LogP contribution in [0.4, 0.5) is 0 Å². The van der Waals surface area contributed by atoms with Gasteiger partial charge in [-0.1, -0.05) is 126 Å². The van der Waals surface area contributed by atoms with E-state index in [-0.39, 0.29) is 12.8 Å². The summed E-state index contributed by atoms with van der Waals surface area (Å²) < 4.78 is 47.5. The number of esters is 2. The minimum Gasteiger partial charge on any atom is -0.462 e. The number of carbonyl (C=O) groups is 2. The van der Waals surface area contributed by atoms with Gasteiger partial charge in [-0.2, -0.15) is 0 Å². The van der Waals surface area contributed by atoms with Crippen LogP contribution < -0.4 is 0 Å². The average Bonchev–Trinajstić information content (AvgIpc) is 3.14. The number of carbonyl (C=O) groups excluding carboxylic acids is 2. The molecule has 0 spiro atoms. The molecule has 55 heavy (non-hydrogen) atoms. The Morgan fingerprint density at radius 3 is 1.96 bits per heavy atom. The molecular formula is C39H68O14P2.